The predicted molar refractivity (Wildman–Crippen MR) is 103 cm³/mol. The maximum absolute atomic E-state index is 13.4. The largest absolute Gasteiger partial charge is 0.398 e. The van der Waals surface area contributed by atoms with E-state index >= 15 is 0 Å². The summed E-state index contributed by atoms with van der Waals surface area (Å²) in [6.45, 7) is 0. The molecular formula is C20H17BrF2N4. The first-order valence-electron chi connectivity index (χ1n) is 8.53. The van der Waals surface area contributed by atoms with Gasteiger partial charge in [0.2, 0.25) is 0 Å². The average Bonchev–Trinajstić information content (AvgIpc) is 3.54. The number of halogens is 3. The number of benzene rings is 2. The van der Waals surface area contributed by atoms with Crippen LogP contribution < -0.4 is 11.5 Å². The highest BCUT2D eigenvalue weighted by Crippen LogP contribution is 2.45. The minimum atomic E-state index is -0.561. The molecule has 138 valence electrons. The number of nitrogens with two attached hydrogens (primary N) is 2. The van der Waals surface area contributed by atoms with Crippen molar-refractivity contribution >= 4 is 27.3 Å². The summed E-state index contributed by atoms with van der Waals surface area (Å²) in [5.41, 5.74) is 14.3. The lowest BCUT2D eigenvalue weighted by Gasteiger charge is -2.08. The molecule has 0 saturated heterocycles. The first-order valence-corrected chi connectivity index (χ1v) is 9.33. The third-order valence-electron chi connectivity index (χ3n) is 4.72. The fraction of sp³-hybridized carbons (Fsp3) is 0.300. The van der Waals surface area contributed by atoms with E-state index in [1.54, 1.807) is 12.1 Å². The number of anilines is 2. The SMILES string of the molecule is N#Cc1cc(C2CC2)c(N)c(Br)c1F.N#Cc1cc(C2CC2)c(N)cc1F. The molecule has 0 radical (unpaired) electrons. The molecule has 0 heterocycles. The van der Waals surface area contributed by atoms with Crippen molar-refractivity contribution in [3.05, 3.63) is 56.6 Å². The number of hydrogen-bond acceptors (Lipinski definition) is 4. The van der Waals surface area contributed by atoms with Crippen LogP contribution in [-0.4, -0.2) is 0 Å². The number of hydrogen-bond donors (Lipinski definition) is 2. The Morgan fingerprint density at radius 2 is 1.41 bits per heavy atom. The van der Waals surface area contributed by atoms with Crippen molar-refractivity contribution in [2.24, 2.45) is 0 Å². The normalized spacial score (nSPS) is 15.3. The zero-order valence-electron chi connectivity index (χ0n) is 14.4. The van der Waals surface area contributed by atoms with Crippen LogP contribution in [0.3, 0.4) is 0 Å². The molecule has 0 amide bonds. The van der Waals surface area contributed by atoms with Crippen LogP contribution in [0.15, 0.2) is 22.7 Å². The van der Waals surface area contributed by atoms with Gasteiger partial charge in [0.25, 0.3) is 0 Å². The van der Waals surface area contributed by atoms with Crippen molar-refractivity contribution in [2.75, 3.05) is 11.5 Å². The number of nitrogen functional groups attached to an aromatic ring is 2. The molecule has 4 N–H and O–H groups in total. The van der Waals surface area contributed by atoms with E-state index in [-0.39, 0.29) is 15.6 Å². The van der Waals surface area contributed by atoms with Gasteiger partial charge < -0.3 is 11.5 Å². The molecule has 0 unspecified atom stereocenters. The molecule has 2 fully saturated rings. The topological polar surface area (TPSA) is 99.6 Å². The first kappa shape index (κ1) is 19.1. The van der Waals surface area contributed by atoms with Gasteiger partial charge in [-0.2, -0.15) is 10.5 Å². The van der Waals surface area contributed by atoms with Gasteiger partial charge in [-0.3, -0.25) is 0 Å². The van der Waals surface area contributed by atoms with Crippen molar-refractivity contribution < 1.29 is 8.78 Å². The van der Waals surface area contributed by atoms with Gasteiger partial charge in [-0.15, -0.1) is 0 Å². The highest BCUT2D eigenvalue weighted by Gasteiger charge is 2.28. The van der Waals surface area contributed by atoms with Crippen molar-refractivity contribution in [1.82, 2.24) is 0 Å². The molecule has 2 aliphatic carbocycles. The molecule has 7 heteroatoms. The lowest BCUT2D eigenvalue weighted by molar-refractivity contribution is 0.617. The Morgan fingerprint density at radius 3 is 1.93 bits per heavy atom. The van der Waals surface area contributed by atoms with Crippen LogP contribution >= 0.6 is 15.9 Å². The predicted octanol–water partition coefficient (Wildman–Crippen LogP) is 5.08. The van der Waals surface area contributed by atoms with Gasteiger partial charge in [0.05, 0.1) is 21.3 Å². The van der Waals surface area contributed by atoms with Crippen LogP contribution in [0.1, 0.15) is 59.8 Å². The summed E-state index contributed by atoms with van der Waals surface area (Å²) in [6, 6.07) is 8.02. The van der Waals surface area contributed by atoms with Crippen LogP contribution in [0, 0.1) is 34.3 Å². The molecule has 2 aromatic rings. The molecule has 2 saturated carbocycles. The van der Waals surface area contributed by atoms with E-state index in [2.05, 4.69) is 15.9 Å². The molecule has 0 atom stereocenters. The van der Waals surface area contributed by atoms with Crippen LogP contribution in [0.25, 0.3) is 0 Å². The Bertz CT molecular complexity index is 983. The number of nitriles is 2. The number of rotatable bonds is 2. The van der Waals surface area contributed by atoms with Gasteiger partial charge in [0, 0.05) is 5.69 Å². The van der Waals surface area contributed by atoms with Crippen molar-refractivity contribution in [2.45, 2.75) is 37.5 Å². The van der Waals surface area contributed by atoms with Crippen LogP contribution in [0.5, 0.6) is 0 Å². The fourth-order valence-corrected chi connectivity index (χ4v) is 3.35. The summed E-state index contributed by atoms with van der Waals surface area (Å²) >= 11 is 3.07. The first-order chi connectivity index (χ1) is 12.9. The summed E-state index contributed by atoms with van der Waals surface area (Å²) in [7, 11) is 0. The van der Waals surface area contributed by atoms with E-state index in [4.69, 9.17) is 22.0 Å². The van der Waals surface area contributed by atoms with Gasteiger partial charge >= 0.3 is 0 Å². The zero-order valence-corrected chi connectivity index (χ0v) is 16.0. The molecular weight excluding hydrogens is 414 g/mol. The molecule has 0 aliphatic heterocycles. The lowest BCUT2D eigenvalue weighted by Crippen LogP contribution is -1.99. The second kappa shape index (κ2) is 7.54. The summed E-state index contributed by atoms with van der Waals surface area (Å²) in [4.78, 5) is 0. The van der Waals surface area contributed by atoms with E-state index in [0.29, 0.717) is 23.2 Å². The Labute approximate surface area is 164 Å². The molecule has 2 aliphatic rings. The standard InChI is InChI=1S/C10H8BrFN2.C10H9FN2/c11-8-9(12)6(4-13)3-7(10(8)14)5-1-2-5;11-9-4-10(13)8(6-1-2-6)3-7(9)5-12/h3,5H,1-2,14H2;3-4,6H,1-2,13H2. The van der Waals surface area contributed by atoms with Gasteiger partial charge in [0.1, 0.15) is 18.0 Å². The Hall–Kier alpha value is -2.64. The summed E-state index contributed by atoms with van der Waals surface area (Å²) in [5.74, 6) is -0.217. The highest BCUT2D eigenvalue weighted by atomic mass is 79.9. The lowest BCUT2D eigenvalue weighted by atomic mass is 10.0. The third-order valence-corrected chi connectivity index (χ3v) is 5.50. The Kier molecular flexibility index (Phi) is 5.34. The fourth-order valence-electron chi connectivity index (χ4n) is 2.91. The van der Waals surface area contributed by atoms with Gasteiger partial charge in [-0.1, -0.05) is 0 Å². The second-order valence-corrected chi connectivity index (χ2v) is 7.58. The van der Waals surface area contributed by atoms with Crippen LogP contribution in [-0.2, 0) is 0 Å². The summed E-state index contributed by atoms with van der Waals surface area (Å²) < 4.78 is 26.6. The van der Waals surface area contributed by atoms with E-state index in [1.807, 2.05) is 12.1 Å². The summed E-state index contributed by atoms with van der Waals surface area (Å²) in [5, 5.41) is 17.3. The molecule has 2 aromatic carbocycles. The molecule has 0 spiro atoms. The van der Waals surface area contributed by atoms with Crippen molar-refractivity contribution in [3.8, 4) is 12.1 Å². The Balaban J connectivity index is 0.000000156. The molecule has 0 aromatic heterocycles. The smallest absolute Gasteiger partial charge is 0.157 e. The maximum atomic E-state index is 13.4. The molecule has 4 rings (SSSR count). The minimum Gasteiger partial charge on any atom is -0.398 e. The summed E-state index contributed by atoms with van der Waals surface area (Å²) in [6.07, 6.45) is 4.35. The maximum Gasteiger partial charge on any atom is 0.157 e. The van der Waals surface area contributed by atoms with E-state index in [0.717, 1.165) is 36.8 Å². The monoisotopic (exact) mass is 430 g/mol. The van der Waals surface area contributed by atoms with E-state index < -0.39 is 11.6 Å². The van der Waals surface area contributed by atoms with E-state index in [1.165, 1.54) is 6.07 Å². The van der Waals surface area contributed by atoms with Gasteiger partial charge in [-0.05, 0) is 82.8 Å². The van der Waals surface area contributed by atoms with Crippen LogP contribution in [0.2, 0.25) is 0 Å². The molecule has 27 heavy (non-hydrogen) atoms. The quantitative estimate of drug-likeness (QED) is 0.648. The van der Waals surface area contributed by atoms with Crippen LogP contribution in [0.4, 0.5) is 20.2 Å². The minimum absolute atomic E-state index is 0.0629. The Morgan fingerprint density at radius 1 is 0.889 bits per heavy atom. The van der Waals surface area contributed by atoms with Gasteiger partial charge in [-0.25, -0.2) is 8.78 Å². The average molecular weight is 431 g/mol. The third kappa shape index (κ3) is 4.04. The van der Waals surface area contributed by atoms with E-state index in [9.17, 15) is 8.78 Å². The molecule has 4 nitrogen and oxygen atoms in total. The van der Waals surface area contributed by atoms with Crippen molar-refractivity contribution in [3.63, 3.8) is 0 Å². The molecule has 0 bridgehead atoms. The highest BCUT2D eigenvalue weighted by molar-refractivity contribution is 9.10. The second-order valence-electron chi connectivity index (χ2n) is 6.79. The van der Waals surface area contributed by atoms with Crippen molar-refractivity contribution in [1.29, 1.82) is 10.5 Å². The zero-order chi connectivity index (χ0) is 19.7. The number of nitrogens with zero attached hydrogens (tertiary/aromatic N) is 2. The van der Waals surface area contributed by atoms with Gasteiger partial charge in [0.15, 0.2) is 5.82 Å².